The zero-order valence-corrected chi connectivity index (χ0v) is 13.1. The van der Waals surface area contributed by atoms with Gasteiger partial charge in [-0.05, 0) is 25.5 Å². The predicted octanol–water partition coefficient (Wildman–Crippen LogP) is 0.366. The average molecular weight is 308 g/mol. The summed E-state index contributed by atoms with van der Waals surface area (Å²) in [5, 5.41) is 2.83. The number of hydrogen-bond donors (Lipinski definition) is 2. The Hall–Kier alpha value is -1.73. The largest absolute Gasteiger partial charge is 0.389 e. The van der Waals surface area contributed by atoms with E-state index < -0.39 is 6.04 Å². The number of nitrogens with one attached hydrogen (secondary N) is 1. The normalized spacial score (nSPS) is 18.4. The Labute approximate surface area is 129 Å². The van der Waals surface area contributed by atoms with Crippen molar-refractivity contribution in [2.45, 2.75) is 19.9 Å². The molecule has 6 nitrogen and oxygen atoms in total. The van der Waals surface area contributed by atoms with Crippen LogP contribution in [0.15, 0.2) is 12.3 Å². The zero-order chi connectivity index (χ0) is 15.4. The third-order valence-electron chi connectivity index (χ3n) is 3.44. The molecule has 1 aliphatic heterocycles. The maximum absolute atomic E-state index is 12.2. The fourth-order valence-electron chi connectivity index (χ4n) is 2.43. The summed E-state index contributed by atoms with van der Waals surface area (Å²) >= 11 is 5.14. The van der Waals surface area contributed by atoms with Crippen LogP contribution in [0.1, 0.15) is 18.1 Å². The van der Waals surface area contributed by atoms with Crippen LogP contribution in [-0.2, 0) is 9.53 Å². The minimum atomic E-state index is -0.416. The molecule has 7 heteroatoms. The molecule has 1 atom stereocenters. The van der Waals surface area contributed by atoms with E-state index in [1.807, 2.05) is 24.8 Å². The lowest BCUT2D eigenvalue weighted by Crippen LogP contribution is -2.54. The number of nitrogens with zero attached hydrogens (tertiary/aromatic N) is 2. The van der Waals surface area contributed by atoms with Crippen molar-refractivity contribution in [1.82, 2.24) is 10.3 Å². The number of morpholine rings is 1. The standard InChI is InChI=1S/C14H20N4O2S/c1-3-16-14(19)10-8-20-7-6-18(10)13-11(12(15)21)9(2)4-5-17-13/h4-5,10H,3,6-8H2,1-2H3,(H2,15,21)(H,16,19). The topological polar surface area (TPSA) is 80.5 Å². The highest BCUT2D eigenvalue weighted by atomic mass is 32.1. The number of aryl methyl sites for hydroxylation is 1. The molecular weight excluding hydrogens is 288 g/mol. The highest BCUT2D eigenvalue weighted by Gasteiger charge is 2.32. The Kier molecular flexibility index (Phi) is 5.08. The van der Waals surface area contributed by atoms with Gasteiger partial charge in [0.15, 0.2) is 0 Å². The molecule has 0 radical (unpaired) electrons. The number of thiocarbonyl (C=S) groups is 1. The first-order chi connectivity index (χ1) is 10.1. The van der Waals surface area contributed by atoms with Gasteiger partial charge in [0.25, 0.3) is 0 Å². The molecule has 1 unspecified atom stereocenters. The van der Waals surface area contributed by atoms with E-state index >= 15 is 0 Å². The van der Waals surface area contributed by atoms with Gasteiger partial charge in [-0.3, -0.25) is 4.79 Å². The third-order valence-corrected chi connectivity index (χ3v) is 3.64. The Bertz CT molecular complexity index is 550. The number of hydrogen-bond acceptors (Lipinski definition) is 5. The highest BCUT2D eigenvalue weighted by Crippen LogP contribution is 2.24. The summed E-state index contributed by atoms with van der Waals surface area (Å²) in [7, 11) is 0. The molecule has 1 aliphatic rings. The maximum atomic E-state index is 12.2. The van der Waals surface area contributed by atoms with Gasteiger partial charge in [0, 0.05) is 19.3 Å². The molecule has 2 rings (SSSR count). The van der Waals surface area contributed by atoms with Gasteiger partial charge in [-0.15, -0.1) is 0 Å². The molecule has 1 amide bonds. The van der Waals surface area contributed by atoms with Crippen molar-refractivity contribution in [3.8, 4) is 0 Å². The van der Waals surface area contributed by atoms with Crippen LogP contribution in [0, 0.1) is 6.92 Å². The van der Waals surface area contributed by atoms with Crippen molar-refractivity contribution in [2.24, 2.45) is 5.73 Å². The first kappa shape index (κ1) is 15.7. The molecule has 0 bridgehead atoms. The summed E-state index contributed by atoms with van der Waals surface area (Å²) in [6.45, 7) is 5.85. The van der Waals surface area contributed by atoms with E-state index in [1.54, 1.807) is 6.20 Å². The number of rotatable bonds is 4. The lowest BCUT2D eigenvalue weighted by atomic mass is 10.1. The third kappa shape index (κ3) is 3.30. The number of carbonyl (C=O) groups is 1. The summed E-state index contributed by atoms with van der Waals surface area (Å²) in [6, 6.07) is 1.45. The minimum Gasteiger partial charge on any atom is -0.389 e. The minimum absolute atomic E-state index is 0.0746. The van der Waals surface area contributed by atoms with Crippen molar-refractivity contribution >= 4 is 28.9 Å². The van der Waals surface area contributed by atoms with Gasteiger partial charge in [-0.1, -0.05) is 12.2 Å². The summed E-state index contributed by atoms with van der Waals surface area (Å²) in [5.41, 5.74) is 7.51. The number of aromatic nitrogens is 1. The van der Waals surface area contributed by atoms with E-state index in [-0.39, 0.29) is 10.9 Å². The summed E-state index contributed by atoms with van der Waals surface area (Å²) < 4.78 is 5.44. The van der Waals surface area contributed by atoms with E-state index in [0.717, 1.165) is 11.1 Å². The molecule has 1 aromatic heterocycles. The SMILES string of the molecule is CCNC(=O)C1COCCN1c1nccc(C)c1C(N)=S. The van der Waals surface area contributed by atoms with E-state index in [4.69, 9.17) is 22.7 Å². The fraction of sp³-hybridized carbons (Fsp3) is 0.500. The van der Waals surface area contributed by atoms with E-state index in [9.17, 15) is 4.79 Å². The lowest BCUT2D eigenvalue weighted by molar-refractivity contribution is -0.124. The fourth-order valence-corrected chi connectivity index (χ4v) is 2.68. The van der Waals surface area contributed by atoms with Crippen LogP contribution in [0.5, 0.6) is 0 Å². The quantitative estimate of drug-likeness (QED) is 0.782. The van der Waals surface area contributed by atoms with Gasteiger partial charge in [-0.25, -0.2) is 4.98 Å². The second kappa shape index (κ2) is 6.82. The molecular formula is C14H20N4O2S. The van der Waals surface area contributed by atoms with Gasteiger partial charge >= 0.3 is 0 Å². The molecule has 0 aliphatic carbocycles. The van der Waals surface area contributed by atoms with Crippen LogP contribution in [0.4, 0.5) is 5.82 Å². The van der Waals surface area contributed by atoms with Gasteiger partial charge < -0.3 is 20.7 Å². The van der Waals surface area contributed by atoms with Crippen molar-refractivity contribution in [3.63, 3.8) is 0 Å². The van der Waals surface area contributed by atoms with Crippen LogP contribution in [0.25, 0.3) is 0 Å². The van der Waals surface area contributed by atoms with Gasteiger partial charge in [-0.2, -0.15) is 0 Å². The Balaban J connectivity index is 2.40. The van der Waals surface area contributed by atoms with Gasteiger partial charge in [0.2, 0.25) is 5.91 Å². The van der Waals surface area contributed by atoms with E-state index in [1.165, 1.54) is 0 Å². The molecule has 1 aromatic rings. The molecule has 0 aromatic carbocycles. The molecule has 3 N–H and O–H groups in total. The van der Waals surface area contributed by atoms with Gasteiger partial charge in [0.1, 0.15) is 16.8 Å². The zero-order valence-electron chi connectivity index (χ0n) is 12.3. The number of likely N-dealkylation sites (N-methyl/N-ethyl adjacent to an activating group) is 1. The van der Waals surface area contributed by atoms with Crippen LogP contribution < -0.4 is 16.0 Å². The van der Waals surface area contributed by atoms with Crippen molar-refractivity contribution in [2.75, 3.05) is 31.2 Å². The first-order valence-corrected chi connectivity index (χ1v) is 7.34. The Morgan fingerprint density at radius 2 is 2.43 bits per heavy atom. The van der Waals surface area contributed by atoms with Crippen LogP contribution in [0.3, 0.4) is 0 Å². The van der Waals surface area contributed by atoms with Crippen molar-refractivity contribution < 1.29 is 9.53 Å². The van der Waals surface area contributed by atoms with Crippen LogP contribution in [0.2, 0.25) is 0 Å². The van der Waals surface area contributed by atoms with Crippen molar-refractivity contribution in [1.29, 1.82) is 0 Å². The lowest BCUT2D eigenvalue weighted by Gasteiger charge is -2.36. The maximum Gasteiger partial charge on any atom is 0.245 e. The number of ether oxygens (including phenoxy) is 1. The molecule has 114 valence electrons. The summed E-state index contributed by atoms with van der Waals surface area (Å²) in [6.07, 6.45) is 1.71. The second-order valence-corrected chi connectivity index (χ2v) is 5.31. The van der Waals surface area contributed by atoms with E-state index in [0.29, 0.717) is 32.1 Å². The molecule has 0 saturated carbocycles. The van der Waals surface area contributed by atoms with E-state index in [2.05, 4.69) is 10.3 Å². The molecule has 0 spiro atoms. The predicted molar refractivity (Wildman–Crippen MR) is 85.5 cm³/mol. The monoisotopic (exact) mass is 308 g/mol. The summed E-state index contributed by atoms with van der Waals surface area (Å²) in [5.74, 6) is 0.580. The van der Waals surface area contributed by atoms with Crippen LogP contribution >= 0.6 is 12.2 Å². The summed E-state index contributed by atoms with van der Waals surface area (Å²) in [4.78, 5) is 18.8. The second-order valence-electron chi connectivity index (χ2n) is 4.87. The molecule has 21 heavy (non-hydrogen) atoms. The smallest absolute Gasteiger partial charge is 0.245 e. The Morgan fingerprint density at radius 3 is 3.10 bits per heavy atom. The molecule has 2 heterocycles. The molecule has 1 saturated heterocycles. The van der Waals surface area contributed by atoms with Gasteiger partial charge in [0.05, 0.1) is 18.8 Å². The first-order valence-electron chi connectivity index (χ1n) is 6.93. The number of amides is 1. The molecule has 1 fully saturated rings. The number of anilines is 1. The Morgan fingerprint density at radius 1 is 1.67 bits per heavy atom. The highest BCUT2D eigenvalue weighted by molar-refractivity contribution is 7.80. The number of pyridine rings is 1. The average Bonchev–Trinajstić information content (AvgIpc) is 2.47. The number of nitrogens with two attached hydrogens (primary N) is 1. The van der Waals surface area contributed by atoms with Crippen molar-refractivity contribution in [3.05, 3.63) is 23.4 Å². The number of carbonyl (C=O) groups excluding carboxylic acids is 1. The van der Waals surface area contributed by atoms with Crippen LogP contribution in [-0.4, -0.2) is 48.2 Å².